The fraction of sp³-hybridized carbons (Fsp3) is 0.0714. The summed E-state index contributed by atoms with van der Waals surface area (Å²) < 4.78 is 32.0. The van der Waals surface area contributed by atoms with E-state index in [1.807, 2.05) is 6.07 Å². The lowest BCUT2D eigenvalue weighted by atomic mass is 10.2. The Labute approximate surface area is 117 Å². The molecule has 0 fully saturated rings. The maximum Gasteiger partial charge on any atom is 0.262 e. The molecule has 0 spiro atoms. The quantitative estimate of drug-likeness (QED) is 0.936. The van der Waals surface area contributed by atoms with E-state index in [9.17, 15) is 8.42 Å². The Morgan fingerprint density at radius 1 is 1.10 bits per heavy atom. The first kappa shape index (κ1) is 13.9. The molecule has 102 valence electrons. The second-order valence-corrected chi connectivity index (χ2v) is 5.62. The minimum Gasteiger partial charge on any atom is -0.495 e. The fourth-order valence-corrected chi connectivity index (χ4v) is 2.71. The number of sulfonamides is 1. The van der Waals surface area contributed by atoms with Crippen molar-refractivity contribution in [3.8, 4) is 11.8 Å². The van der Waals surface area contributed by atoms with Crippen LogP contribution in [0, 0.1) is 11.3 Å². The van der Waals surface area contributed by atoms with Crippen LogP contribution in [-0.2, 0) is 10.0 Å². The van der Waals surface area contributed by atoms with Crippen LogP contribution in [-0.4, -0.2) is 15.5 Å². The van der Waals surface area contributed by atoms with Crippen LogP contribution < -0.4 is 9.46 Å². The largest absolute Gasteiger partial charge is 0.495 e. The number of anilines is 1. The first-order valence-corrected chi connectivity index (χ1v) is 7.21. The third-order valence-corrected chi connectivity index (χ3v) is 4.03. The molecule has 0 saturated heterocycles. The van der Waals surface area contributed by atoms with E-state index in [4.69, 9.17) is 10.00 Å². The minimum atomic E-state index is -3.71. The van der Waals surface area contributed by atoms with E-state index >= 15 is 0 Å². The van der Waals surface area contributed by atoms with Gasteiger partial charge in [0.2, 0.25) is 0 Å². The predicted octanol–water partition coefficient (Wildman–Crippen LogP) is 2.37. The Balaban J connectivity index is 2.33. The lowest BCUT2D eigenvalue weighted by molar-refractivity contribution is 0.417. The number of ether oxygens (including phenoxy) is 1. The van der Waals surface area contributed by atoms with Gasteiger partial charge in [0.25, 0.3) is 10.0 Å². The Bertz CT molecular complexity index is 747. The van der Waals surface area contributed by atoms with Gasteiger partial charge in [-0.15, -0.1) is 0 Å². The highest BCUT2D eigenvalue weighted by molar-refractivity contribution is 7.92. The molecule has 0 aliphatic rings. The van der Waals surface area contributed by atoms with Gasteiger partial charge in [-0.1, -0.05) is 12.1 Å². The molecule has 0 aliphatic carbocycles. The molecule has 2 aromatic carbocycles. The summed E-state index contributed by atoms with van der Waals surface area (Å²) in [6.45, 7) is 0. The molecule has 0 saturated carbocycles. The molecule has 0 amide bonds. The Kier molecular flexibility index (Phi) is 3.91. The summed E-state index contributed by atoms with van der Waals surface area (Å²) in [4.78, 5) is 0.0856. The molecular formula is C14H12N2O3S. The first-order chi connectivity index (χ1) is 9.56. The molecule has 0 heterocycles. The first-order valence-electron chi connectivity index (χ1n) is 5.73. The number of nitrogens with zero attached hydrogens (tertiary/aromatic N) is 1. The summed E-state index contributed by atoms with van der Waals surface area (Å²) in [7, 11) is -2.24. The second-order valence-electron chi connectivity index (χ2n) is 3.94. The van der Waals surface area contributed by atoms with Crippen molar-refractivity contribution in [3.05, 3.63) is 54.1 Å². The molecule has 0 aliphatic heterocycles. The van der Waals surface area contributed by atoms with Crippen LogP contribution in [0.1, 0.15) is 5.56 Å². The van der Waals surface area contributed by atoms with Gasteiger partial charge in [0.1, 0.15) is 5.75 Å². The van der Waals surface area contributed by atoms with Crippen LogP contribution in [0.5, 0.6) is 5.75 Å². The number of rotatable bonds is 4. The van der Waals surface area contributed by atoms with Gasteiger partial charge in [-0.25, -0.2) is 8.42 Å². The topological polar surface area (TPSA) is 79.2 Å². The number of para-hydroxylation sites is 2. The number of nitriles is 1. The van der Waals surface area contributed by atoms with E-state index in [0.717, 1.165) is 0 Å². The zero-order chi connectivity index (χ0) is 14.6. The van der Waals surface area contributed by atoms with Crippen LogP contribution in [0.4, 0.5) is 5.69 Å². The van der Waals surface area contributed by atoms with Gasteiger partial charge in [0.15, 0.2) is 0 Å². The highest BCUT2D eigenvalue weighted by Gasteiger charge is 2.16. The summed E-state index contributed by atoms with van der Waals surface area (Å²) in [5.74, 6) is 0.435. The third-order valence-electron chi connectivity index (χ3n) is 2.65. The number of benzene rings is 2. The van der Waals surface area contributed by atoms with Crippen LogP contribution in [0.25, 0.3) is 0 Å². The van der Waals surface area contributed by atoms with Crippen molar-refractivity contribution >= 4 is 15.7 Å². The van der Waals surface area contributed by atoms with Gasteiger partial charge >= 0.3 is 0 Å². The van der Waals surface area contributed by atoms with E-state index in [2.05, 4.69) is 4.72 Å². The number of hydrogen-bond donors (Lipinski definition) is 1. The lowest BCUT2D eigenvalue weighted by Crippen LogP contribution is -2.13. The predicted molar refractivity (Wildman–Crippen MR) is 75.0 cm³/mol. The van der Waals surface area contributed by atoms with Gasteiger partial charge in [-0.05, 0) is 36.4 Å². The molecule has 5 nitrogen and oxygen atoms in total. The van der Waals surface area contributed by atoms with Crippen LogP contribution >= 0.6 is 0 Å². The van der Waals surface area contributed by atoms with E-state index in [0.29, 0.717) is 17.0 Å². The van der Waals surface area contributed by atoms with Gasteiger partial charge in [0.05, 0.1) is 29.3 Å². The number of nitrogens with one attached hydrogen (secondary N) is 1. The third kappa shape index (κ3) is 2.90. The maximum absolute atomic E-state index is 12.2. The highest BCUT2D eigenvalue weighted by Crippen LogP contribution is 2.26. The van der Waals surface area contributed by atoms with Crippen LogP contribution in [0.3, 0.4) is 0 Å². The van der Waals surface area contributed by atoms with Gasteiger partial charge in [-0.3, -0.25) is 4.72 Å². The van der Waals surface area contributed by atoms with E-state index in [1.54, 1.807) is 24.3 Å². The summed E-state index contributed by atoms with van der Waals surface area (Å²) in [6, 6.07) is 14.3. The molecule has 0 radical (unpaired) electrons. The smallest absolute Gasteiger partial charge is 0.262 e. The van der Waals surface area contributed by atoms with Crippen molar-refractivity contribution in [1.82, 2.24) is 0 Å². The molecule has 20 heavy (non-hydrogen) atoms. The minimum absolute atomic E-state index is 0.0856. The molecular weight excluding hydrogens is 276 g/mol. The van der Waals surface area contributed by atoms with Crippen molar-refractivity contribution in [2.45, 2.75) is 4.90 Å². The number of hydrogen-bond acceptors (Lipinski definition) is 4. The summed E-state index contributed by atoms with van der Waals surface area (Å²) in [5.41, 5.74) is 0.764. The van der Waals surface area contributed by atoms with Crippen LogP contribution in [0.15, 0.2) is 53.4 Å². The molecule has 2 aromatic rings. The Morgan fingerprint density at radius 3 is 2.35 bits per heavy atom. The summed E-state index contributed by atoms with van der Waals surface area (Å²) >= 11 is 0. The Morgan fingerprint density at radius 2 is 1.75 bits per heavy atom. The molecule has 1 N–H and O–H groups in total. The lowest BCUT2D eigenvalue weighted by Gasteiger charge is -2.11. The zero-order valence-electron chi connectivity index (χ0n) is 10.7. The second kappa shape index (κ2) is 5.63. The molecule has 2 rings (SSSR count). The van der Waals surface area contributed by atoms with Crippen molar-refractivity contribution in [2.24, 2.45) is 0 Å². The zero-order valence-corrected chi connectivity index (χ0v) is 11.5. The molecule has 0 aromatic heterocycles. The molecule has 6 heteroatoms. The normalized spacial score (nSPS) is 10.6. The van der Waals surface area contributed by atoms with Gasteiger partial charge < -0.3 is 4.74 Å². The van der Waals surface area contributed by atoms with E-state index in [1.165, 1.54) is 31.4 Å². The maximum atomic E-state index is 12.2. The standard InChI is InChI=1S/C14H12N2O3S/c1-19-14-5-3-2-4-13(14)16-20(17,18)12-8-6-11(10-15)7-9-12/h2-9,16H,1H3. The Hall–Kier alpha value is -2.52. The monoisotopic (exact) mass is 288 g/mol. The van der Waals surface area contributed by atoms with Gasteiger partial charge in [0, 0.05) is 0 Å². The van der Waals surface area contributed by atoms with Crippen molar-refractivity contribution in [1.29, 1.82) is 5.26 Å². The van der Waals surface area contributed by atoms with Crippen molar-refractivity contribution < 1.29 is 13.2 Å². The summed E-state index contributed by atoms with van der Waals surface area (Å²) in [5, 5.41) is 8.70. The molecule has 0 atom stereocenters. The number of methoxy groups -OCH3 is 1. The molecule has 0 unspecified atom stereocenters. The average Bonchev–Trinajstić information content (AvgIpc) is 2.47. The fourth-order valence-electron chi connectivity index (χ4n) is 1.64. The van der Waals surface area contributed by atoms with Gasteiger partial charge in [-0.2, -0.15) is 5.26 Å². The molecule has 0 bridgehead atoms. The van der Waals surface area contributed by atoms with Crippen molar-refractivity contribution in [3.63, 3.8) is 0 Å². The SMILES string of the molecule is COc1ccccc1NS(=O)(=O)c1ccc(C#N)cc1. The van der Waals surface area contributed by atoms with Crippen molar-refractivity contribution in [2.75, 3.05) is 11.8 Å². The highest BCUT2D eigenvalue weighted by atomic mass is 32.2. The van der Waals surface area contributed by atoms with E-state index < -0.39 is 10.0 Å². The van der Waals surface area contributed by atoms with E-state index in [-0.39, 0.29) is 4.90 Å². The summed E-state index contributed by atoms with van der Waals surface area (Å²) in [6.07, 6.45) is 0. The average molecular weight is 288 g/mol. The van der Waals surface area contributed by atoms with Crippen LogP contribution in [0.2, 0.25) is 0 Å².